The van der Waals surface area contributed by atoms with E-state index in [4.69, 9.17) is 4.74 Å². The summed E-state index contributed by atoms with van der Waals surface area (Å²) >= 11 is 0. The minimum Gasteiger partial charge on any atom is -0.487 e. The van der Waals surface area contributed by atoms with E-state index >= 15 is 0 Å². The number of pyridine rings is 2. The number of H-pyrrole nitrogens is 2. The van der Waals surface area contributed by atoms with Gasteiger partial charge in [0.05, 0.1) is 23.1 Å². The van der Waals surface area contributed by atoms with Crippen LogP contribution in [0.15, 0.2) is 104 Å². The minimum atomic E-state index is -0.278. The second kappa shape index (κ2) is 9.78. The Balaban J connectivity index is 1.25. The molecule has 6 nitrogen and oxygen atoms in total. The second-order valence-corrected chi connectivity index (χ2v) is 9.84. The van der Waals surface area contributed by atoms with E-state index in [1.807, 2.05) is 79.9 Å². The second-order valence-electron chi connectivity index (χ2n) is 9.84. The van der Waals surface area contributed by atoms with E-state index in [0.29, 0.717) is 12.4 Å². The van der Waals surface area contributed by atoms with Crippen molar-refractivity contribution >= 4 is 21.8 Å². The van der Waals surface area contributed by atoms with Crippen LogP contribution in [0.3, 0.4) is 0 Å². The first kappa shape index (κ1) is 23.8. The van der Waals surface area contributed by atoms with Crippen molar-refractivity contribution in [3.05, 3.63) is 120 Å². The Hall–Kier alpha value is -5.30. The summed E-state index contributed by atoms with van der Waals surface area (Å²) in [7, 11) is 0. The molecule has 0 fully saturated rings. The minimum absolute atomic E-state index is 0.278. The SMILES string of the molecule is Cc1cc(F)cc(-c2nccc3[nH]c(-c4n[nH]c5ccc(-c6cncc(OCc7ccccc7)c6)cc45)cc23)c1. The summed E-state index contributed by atoms with van der Waals surface area (Å²) < 4.78 is 20.2. The van der Waals surface area contributed by atoms with Gasteiger partial charge in [0.2, 0.25) is 0 Å². The average molecular weight is 526 g/mol. The van der Waals surface area contributed by atoms with E-state index < -0.39 is 0 Å². The topological polar surface area (TPSA) is 79.5 Å². The first-order chi connectivity index (χ1) is 19.6. The summed E-state index contributed by atoms with van der Waals surface area (Å²) in [6.45, 7) is 2.35. The van der Waals surface area contributed by atoms with E-state index in [1.165, 1.54) is 12.1 Å². The van der Waals surface area contributed by atoms with Crippen molar-refractivity contribution in [2.45, 2.75) is 13.5 Å². The molecule has 7 heteroatoms. The van der Waals surface area contributed by atoms with E-state index in [-0.39, 0.29) is 5.82 Å². The van der Waals surface area contributed by atoms with Crippen LogP contribution in [0, 0.1) is 12.7 Å². The molecule has 4 heterocycles. The molecule has 0 spiro atoms. The van der Waals surface area contributed by atoms with Gasteiger partial charge in [0.1, 0.15) is 23.9 Å². The molecule has 0 atom stereocenters. The smallest absolute Gasteiger partial charge is 0.138 e. The fourth-order valence-corrected chi connectivity index (χ4v) is 5.08. The van der Waals surface area contributed by atoms with Gasteiger partial charge in [0.15, 0.2) is 0 Å². The molecule has 194 valence electrons. The van der Waals surface area contributed by atoms with Gasteiger partial charge in [-0.2, -0.15) is 5.10 Å². The lowest BCUT2D eigenvalue weighted by atomic mass is 10.0. The van der Waals surface area contributed by atoms with Crippen LogP contribution in [0.5, 0.6) is 5.75 Å². The summed E-state index contributed by atoms with van der Waals surface area (Å²) in [5.74, 6) is 0.427. The number of benzene rings is 3. The number of nitrogens with zero attached hydrogens (tertiary/aromatic N) is 3. The van der Waals surface area contributed by atoms with Crippen LogP contribution < -0.4 is 4.74 Å². The molecule has 2 N–H and O–H groups in total. The standard InChI is InChI=1S/C33H24FN5O/c1-20-11-23(13-25(34)12-20)32-28-16-31(37-29(28)9-10-36-32)33-27-15-22(7-8-30(27)38-39-33)24-14-26(18-35-17-24)40-19-21-5-3-2-4-6-21/h2-18,37H,19H2,1H3,(H,38,39). The molecule has 0 saturated carbocycles. The van der Waals surface area contributed by atoms with Gasteiger partial charge in [0.25, 0.3) is 0 Å². The number of ether oxygens (including phenoxy) is 1. The zero-order chi connectivity index (χ0) is 27.1. The van der Waals surface area contributed by atoms with Gasteiger partial charge in [-0.1, -0.05) is 36.4 Å². The van der Waals surface area contributed by atoms with Crippen molar-refractivity contribution in [1.82, 2.24) is 25.1 Å². The maximum absolute atomic E-state index is 14.2. The monoisotopic (exact) mass is 525 g/mol. The molecule has 0 aliphatic carbocycles. The van der Waals surface area contributed by atoms with Gasteiger partial charge < -0.3 is 9.72 Å². The van der Waals surface area contributed by atoms with Gasteiger partial charge in [-0.05, 0) is 72.1 Å². The lowest BCUT2D eigenvalue weighted by molar-refractivity contribution is 0.305. The highest BCUT2D eigenvalue weighted by Crippen LogP contribution is 2.35. The largest absolute Gasteiger partial charge is 0.487 e. The van der Waals surface area contributed by atoms with Crippen molar-refractivity contribution in [2.24, 2.45) is 0 Å². The normalized spacial score (nSPS) is 11.3. The van der Waals surface area contributed by atoms with Crippen molar-refractivity contribution in [3.63, 3.8) is 0 Å². The highest BCUT2D eigenvalue weighted by atomic mass is 19.1. The molecule has 0 radical (unpaired) electrons. The van der Waals surface area contributed by atoms with Gasteiger partial charge in [-0.15, -0.1) is 0 Å². The number of halogens is 1. The fourth-order valence-electron chi connectivity index (χ4n) is 5.08. The molecule has 0 aliphatic rings. The van der Waals surface area contributed by atoms with Crippen LogP contribution in [0.2, 0.25) is 0 Å². The molecule has 0 saturated heterocycles. The number of fused-ring (bicyclic) bond motifs is 2. The third-order valence-electron chi connectivity index (χ3n) is 6.98. The molecular weight excluding hydrogens is 501 g/mol. The quantitative estimate of drug-likeness (QED) is 0.232. The van der Waals surface area contributed by atoms with Crippen LogP contribution in [-0.4, -0.2) is 25.1 Å². The number of rotatable bonds is 6. The van der Waals surface area contributed by atoms with Crippen LogP contribution in [-0.2, 0) is 6.61 Å². The summed E-state index contributed by atoms with van der Waals surface area (Å²) in [5.41, 5.74) is 8.82. The summed E-state index contributed by atoms with van der Waals surface area (Å²) in [4.78, 5) is 12.5. The van der Waals surface area contributed by atoms with Crippen molar-refractivity contribution < 1.29 is 9.13 Å². The van der Waals surface area contributed by atoms with Crippen LogP contribution in [0.25, 0.3) is 55.6 Å². The summed E-state index contributed by atoms with van der Waals surface area (Å²) in [6, 6.07) is 27.1. The Labute approximate surface area is 229 Å². The van der Waals surface area contributed by atoms with E-state index in [2.05, 4.69) is 31.2 Å². The number of nitrogens with one attached hydrogen (secondary N) is 2. The molecule has 4 aromatic heterocycles. The number of hydrogen-bond acceptors (Lipinski definition) is 4. The maximum Gasteiger partial charge on any atom is 0.138 e. The molecular formula is C33H24FN5O. The zero-order valence-electron chi connectivity index (χ0n) is 21.6. The number of aromatic nitrogens is 5. The summed E-state index contributed by atoms with van der Waals surface area (Å²) in [5, 5.41) is 9.65. The molecule has 40 heavy (non-hydrogen) atoms. The van der Waals surface area contributed by atoms with Crippen molar-refractivity contribution in [2.75, 3.05) is 0 Å². The van der Waals surface area contributed by atoms with E-state index in [1.54, 1.807) is 12.4 Å². The highest BCUT2D eigenvalue weighted by Gasteiger charge is 2.16. The van der Waals surface area contributed by atoms with Crippen LogP contribution >= 0.6 is 0 Å². The Morgan fingerprint density at radius 2 is 1.65 bits per heavy atom. The molecule has 7 rings (SSSR count). The van der Waals surface area contributed by atoms with E-state index in [0.717, 1.165) is 66.7 Å². The molecule has 3 aromatic carbocycles. The van der Waals surface area contributed by atoms with Crippen molar-refractivity contribution in [1.29, 1.82) is 0 Å². The molecule has 0 aliphatic heterocycles. The predicted octanol–water partition coefficient (Wildman–Crippen LogP) is 7.86. The Morgan fingerprint density at radius 3 is 2.52 bits per heavy atom. The zero-order valence-corrected chi connectivity index (χ0v) is 21.6. The maximum atomic E-state index is 14.2. The van der Waals surface area contributed by atoms with Gasteiger partial charge in [0, 0.05) is 39.8 Å². The lowest BCUT2D eigenvalue weighted by Gasteiger charge is -2.08. The third-order valence-corrected chi connectivity index (χ3v) is 6.98. The van der Waals surface area contributed by atoms with Gasteiger partial charge in [-0.3, -0.25) is 15.1 Å². The van der Waals surface area contributed by atoms with Crippen molar-refractivity contribution in [3.8, 4) is 39.5 Å². The van der Waals surface area contributed by atoms with Gasteiger partial charge in [-0.25, -0.2) is 4.39 Å². The first-order valence-corrected chi connectivity index (χ1v) is 13.0. The molecule has 0 bridgehead atoms. The summed E-state index contributed by atoms with van der Waals surface area (Å²) in [6.07, 6.45) is 5.29. The molecule has 0 amide bonds. The van der Waals surface area contributed by atoms with E-state index in [9.17, 15) is 4.39 Å². The van der Waals surface area contributed by atoms with Gasteiger partial charge >= 0.3 is 0 Å². The Morgan fingerprint density at radius 1 is 0.775 bits per heavy atom. The Kier molecular flexibility index (Phi) is 5.82. The highest BCUT2D eigenvalue weighted by molar-refractivity contribution is 6.00. The predicted molar refractivity (Wildman–Crippen MR) is 155 cm³/mol. The molecule has 7 aromatic rings. The third kappa shape index (κ3) is 4.47. The number of aromatic amines is 2. The average Bonchev–Trinajstić information content (AvgIpc) is 3.60. The lowest BCUT2D eigenvalue weighted by Crippen LogP contribution is -1.95. The first-order valence-electron chi connectivity index (χ1n) is 13.0. The number of aryl methyl sites for hydroxylation is 1. The number of hydrogen-bond donors (Lipinski definition) is 2. The van der Waals surface area contributed by atoms with Crippen LogP contribution in [0.1, 0.15) is 11.1 Å². The fraction of sp³-hybridized carbons (Fsp3) is 0.0606. The molecule has 0 unspecified atom stereocenters. The Bertz CT molecular complexity index is 1970. The van der Waals surface area contributed by atoms with Crippen LogP contribution in [0.4, 0.5) is 4.39 Å².